The van der Waals surface area contributed by atoms with Crippen LogP contribution >= 0.6 is 0 Å². The summed E-state index contributed by atoms with van der Waals surface area (Å²) in [4.78, 5) is 40.3. The molecule has 1 atom stereocenters. The number of nitrogens with zero attached hydrogens (tertiary/aromatic N) is 2. The Kier molecular flexibility index (Phi) is 4.04. The van der Waals surface area contributed by atoms with Crippen LogP contribution in [-0.4, -0.2) is 70.4 Å². The van der Waals surface area contributed by atoms with E-state index in [0.717, 1.165) is 24.2 Å². The van der Waals surface area contributed by atoms with Gasteiger partial charge in [-0.2, -0.15) is 0 Å². The highest BCUT2D eigenvalue weighted by atomic mass is 16.3. The first-order valence-corrected chi connectivity index (χ1v) is 9.85. The molecule has 0 saturated carbocycles. The highest BCUT2D eigenvalue weighted by molar-refractivity contribution is 6.05. The summed E-state index contributed by atoms with van der Waals surface area (Å²) >= 11 is 0. The second-order valence-electron chi connectivity index (χ2n) is 8.45. The minimum atomic E-state index is -0.599. The van der Waals surface area contributed by atoms with E-state index in [-0.39, 0.29) is 24.1 Å². The molecule has 148 valence electrons. The van der Waals surface area contributed by atoms with Crippen LogP contribution < -0.4 is 10.6 Å². The van der Waals surface area contributed by atoms with E-state index in [2.05, 4.69) is 15.5 Å². The zero-order valence-electron chi connectivity index (χ0n) is 15.6. The van der Waals surface area contributed by atoms with Crippen molar-refractivity contribution in [2.75, 3.05) is 26.2 Å². The number of hydrogen-bond acceptors (Lipinski definition) is 6. The molecule has 1 aromatic rings. The summed E-state index contributed by atoms with van der Waals surface area (Å²) in [5.74, 6) is -0.485. The highest BCUT2D eigenvalue weighted by Crippen LogP contribution is 2.35. The van der Waals surface area contributed by atoms with Gasteiger partial charge in [-0.1, -0.05) is 12.1 Å². The number of hydrogen-bond donors (Lipinski definition) is 3. The van der Waals surface area contributed by atoms with Crippen molar-refractivity contribution >= 4 is 17.7 Å². The normalized spacial score (nSPS) is 27.2. The van der Waals surface area contributed by atoms with Gasteiger partial charge in [0.25, 0.3) is 5.91 Å². The summed E-state index contributed by atoms with van der Waals surface area (Å²) in [6.45, 7) is 4.12. The molecule has 3 fully saturated rings. The van der Waals surface area contributed by atoms with E-state index in [1.807, 2.05) is 12.1 Å². The number of imide groups is 1. The van der Waals surface area contributed by atoms with Crippen LogP contribution in [-0.2, 0) is 22.7 Å². The lowest BCUT2D eigenvalue weighted by atomic mass is 9.77. The van der Waals surface area contributed by atoms with Crippen molar-refractivity contribution < 1.29 is 19.5 Å². The van der Waals surface area contributed by atoms with Crippen LogP contribution in [0.5, 0.6) is 0 Å². The van der Waals surface area contributed by atoms with Gasteiger partial charge in [0.15, 0.2) is 0 Å². The lowest BCUT2D eigenvalue weighted by molar-refractivity contribution is -0.149. The second-order valence-corrected chi connectivity index (χ2v) is 8.45. The first kappa shape index (κ1) is 17.8. The van der Waals surface area contributed by atoms with Crippen molar-refractivity contribution in [3.05, 3.63) is 34.9 Å². The largest absolute Gasteiger partial charge is 0.387 e. The van der Waals surface area contributed by atoms with Crippen LogP contribution in [0.25, 0.3) is 0 Å². The Bertz CT molecular complexity index is 860. The second kappa shape index (κ2) is 6.37. The number of amides is 3. The summed E-state index contributed by atoms with van der Waals surface area (Å²) in [5, 5.41) is 16.2. The van der Waals surface area contributed by atoms with Gasteiger partial charge < -0.3 is 15.3 Å². The maximum Gasteiger partial charge on any atom is 0.255 e. The summed E-state index contributed by atoms with van der Waals surface area (Å²) < 4.78 is 0. The van der Waals surface area contributed by atoms with Gasteiger partial charge >= 0.3 is 0 Å². The van der Waals surface area contributed by atoms with E-state index < -0.39 is 11.6 Å². The summed E-state index contributed by atoms with van der Waals surface area (Å²) in [6.07, 6.45) is 0.625. The van der Waals surface area contributed by atoms with Gasteiger partial charge in [0.1, 0.15) is 6.04 Å². The third-order valence-corrected chi connectivity index (χ3v) is 6.61. The quantitative estimate of drug-likeness (QED) is 0.589. The molecule has 0 spiro atoms. The van der Waals surface area contributed by atoms with E-state index in [9.17, 15) is 19.5 Å². The van der Waals surface area contributed by atoms with E-state index in [1.165, 1.54) is 0 Å². The Labute approximate surface area is 162 Å². The molecular formula is C20H24N4O4. The molecule has 5 rings (SSSR count). The average molecular weight is 384 g/mol. The van der Waals surface area contributed by atoms with Crippen LogP contribution in [0.2, 0.25) is 0 Å². The lowest BCUT2D eigenvalue weighted by Crippen LogP contribution is -2.71. The van der Waals surface area contributed by atoms with Crippen molar-refractivity contribution in [1.29, 1.82) is 0 Å². The molecule has 8 nitrogen and oxygen atoms in total. The molecule has 8 heteroatoms. The molecule has 0 radical (unpaired) electrons. The van der Waals surface area contributed by atoms with Crippen LogP contribution in [0.15, 0.2) is 18.2 Å². The number of carbonyl (C=O) groups excluding carboxylic acids is 3. The Morgan fingerprint density at radius 1 is 1.18 bits per heavy atom. The minimum Gasteiger partial charge on any atom is -0.387 e. The van der Waals surface area contributed by atoms with Crippen LogP contribution in [0.4, 0.5) is 0 Å². The first-order valence-electron chi connectivity index (χ1n) is 9.85. The van der Waals surface area contributed by atoms with Gasteiger partial charge in [0.05, 0.1) is 5.60 Å². The fraction of sp³-hybridized carbons (Fsp3) is 0.550. The Hall–Kier alpha value is -2.29. The van der Waals surface area contributed by atoms with Gasteiger partial charge in [0.2, 0.25) is 11.8 Å². The maximum atomic E-state index is 12.9. The summed E-state index contributed by atoms with van der Waals surface area (Å²) in [5.41, 5.74) is 2.06. The number of fused-ring (bicyclic) bond motifs is 1. The standard InChI is InChI=1S/C20H24N4O4/c25-17-5-4-16(18(26)22-17)24-9-15-12(2-1-3-14(15)19(24)27)8-23-10-20(28,11-23)13-6-21-7-13/h1-3,13,16,21,28H,4-11H2,(H,22,25,26). The number of piperidine rings is 1. The summed E-state index contributed by atoms with van der Waals surface area (Å²) in [6, 6.07) is 5.11. The molecule has 4 heterocycles. The van der Waals surface area contributed by atoms with Crippen molar-refractivity contribution in [2.24, 2.45) is 5.92 Å². The monoisotopic (exact) mass is 384 g/mol. The first-order chi connectivity index (χ1) is 13.4. The Balaban J connectivity index is 1.30. The predicted molar refractivity (Wildman–Crippen MR) is 99.1 cm³/mol. The molecule has 3 saturated heterocycles. The van der Waals surface area contributed by atoms with Gasteiger partial charge in [0, 0.05) is 57.2 Å². The molecular weight excluding hydrogens is 360 g/mol. The van der Waals surface area contributed by atoms with Crippen molar-refractivity contribution in [3.63, 3.8) is 0 Å². The number of carbonyl (C=O) groups is 3. The van der Waals surface area contributed by atoms with Crippen molar-refractivity contribution in [2.45, 2.75) is 37.6 Å². The smallest absolute Gasteiger partial charge is 0.255 e. The molecule has 0 aromatic heterocycles. The van der Waals surface area contributed by atoms with Crippen molar-refractivity contribution in [3.8, 4) is 0 Å². The summed E-state index contributed by atoms with van der Waals surface area (Å²) in [7, 11) is 0. The zero-order chi connectivity index (χ0) is 19.5. The molecule has 0 bridgehead atoms. The fourth-order valence-electron chi connectivity index (χ4n) is 4.81. The minimum absolute atomic E-state index is 0.146. The third-order valence-electron chi connectivity index (χ3n) is 6.61. The number of β-amino-alcohol motifs (C(OH)–C–C–N with tert-alkyl or cyclic N) is 1. The molecule has 1 aromatic carbocycles. The SMILES string of the molecule is O=C1CCC(N2Cc3c(CN4CC(O)(C5CNC5)C4)cccc3C2=O)C(=O)N1. The lowest BCUT2D eigenvalue weighted by Gasteiger charge is -2.53. The number of benzene rings is 1. The van der Waals surface area contributed by atoms with E-state index in [4.69, 9.17) is 0 Å². The number of rotatable bonds is 4. The molecule has 4 aliphatic heterocycles. The van der Waals surface area contributed by atoms with Gasteiger partial charge in [-0.05, 0) is 23.6 Å². The Morgan fingerprint density at radius 3 is 2.64 bits per heavy atom. The Morgan fingerprint density at radius 2 is 1.96 bits per heavy atom. The fourth-order valence-corrected chi connectivity index (χ4v) is 4.81. The van der Waals surface area contributed by atoms with Gasteiger partial charge in [-0.25, -0.2) is 0 Å². The zero-order valence-corrected chi connectivity index (χ0v) is 15.6. The number of nitrogens with one attached hydrogen (secondary N) is 2. The van der Waals surface area contributed by atoms with E-state index in [0.29, 0.717) is 44.1 Å². The number of aliphatic hydroxyl groups is 1. The predicted octanol–water partition coefficient (Wildman–Crippen LogP) is -0.786. The molecule has 3 amide bonds. The molecule has 3 N–H and O–H groups in total. The van der Waals surface area contributed by atoms with Crippen LogP contribution in [0.3, 0.4) is 0 Å². The average Bonchev–Trinajstić information content (AvgIpc) is 2.90. The molecule has 1 unspecified atom stereocenters. The molecule has 0 aliphatic carbocycles. The topological polar surface area (TPSA) is 102 Å². The van der Waals surface area contributed by atoms with Gasteiger partial charge in [-0.15, -0.1) is 0 Å². The third kappa shape index (κ3) is 2.75. The van der Waals surface area contributed by atoms with Crippen molar-refractivity contribution in [1.82, 2.24) is 20.4 Å². The van der Waals surface area contributed by atoms with Crippen LogP contribution in [0, 0.1) is 5.92 Å². The van der Waals surface area contributed by atoms with E-state index in [1.54, 1.807) is 11.0 Å². The maximum absolute atomic E-state index is 12.9. The molecule has 4 aliphatic rings. The highest BCUT2D eigenvalue weighted by Gasteiger charge is 2.49. The molecule has 28 heavy (non-hydrogen) atoms. The van der Waals surface area contributed by atoms with E-state index >= 15 is 0 Å². The van der Waals surface area contributed by atoms with Crippen LogP contribution in [0.1, 0.15) is 34.3 Å². The number of likely N-dealkylation sites (tertiary alicyclic amines) is 1. The van der Waals surface area contributed by atoms with Gasteiger partial charge in [-0.3, -0.25) is 24.6 Å².